The highest BCUT2D eigenvalue weighted by molar-refractivity contribution is 6.76. The second kappa shape index (κ2) is 5.35. The van der Waals surface area contributed by atoms with Gasteiger partial charge in [-0.3, -0.25) is 4.79 Å². The molecule has 0 amide bonds. The summed E-state index contributed by atoms with van der Waals surface area (Å²) < 4.78 is 4.83. The zero-order chi connectivity index (χ0) is 9.61. The van der Waals surface area contributed by atoms with Crippen LogP contribution in [0.3, 0.4) is 0 Å². The van der Waals surface area contributed by atoms with Crippen LogP contribution in [-0.4, -0.2) is 20.7 Å². The molecule has 0 fully saturated rings. The largest absolute Gasteiger partial charge is 0.466 e. The van der Waals surface area contributed by atoms with Gasteiger partial charge in [0.25, 0.3) is 0 Å². The molecule has 0 aromatic heterocycles. The maximum Gasteiger partial charge on any atom is 0.302 e. The maximum absolute atomic E-state index is 10.4. The average molecular weight is 188 g/mol. The predicted molar refractivity (Wildman–Crippen MR) is 54.0 cm³/mol. The van der Waals surface area contributed by atoms with Crippen LogP contribution in [0.1, 0.15) is 19.8 Å². The Morgan fingerprint density at radius 1 is 1.25 bits per heavy atom. The monoisotopic (exact) mass is 188 g/mol. The van der Waals surface area contributed by atoms with Crippen LogP contribution in [-0.2, 0) is 9.53 Å². The summed E-state index contributed by atoms with van der Waals surface area (Å²) in [6, 6.07) is 1.33. The highest BCUT2D eigenvalue weighted by atomic mass is 28.3. The number of rotatable bonds is 5. The quantitative estimate of drug-likeness (QED) is 0.377. The van der Waals surface area contributed by atoms with Crippen LogP contribution >= 0.6 is 0 Å². The van der Waals surface area contributed by atoms with Crippen molar-refractivity contribution in [2.75, 3.05) is 6.61 Å². The number of carbonyl (C=O) groups excluding carboxylic acids is 1. The number of unbranched alkanes of at least 4 members (excludes halogenated alkanes) is 1. The van der Waals surface area contributed by atoms with Gasteiger partial charge in [-0.15, -0.1) is 0 Å². The van der Waals surface area contributed by atoms with E-state index in [2.05, 4.69) is 19.6 Å². The molecule has 0 aromatic carbocycles. The molecule has 0 rings (SSSR count). The van der Waals surface area contributed by atoms with E-state index < -0.39 is 8.07 Å². The van der Waals surface area contributed by atoms with Crippen LogP contribution < -0.4 is 0 Å². The van der Waals surface area contributed by atoms with Crippen molar-refractivity contribution in [3.63, 3.8) is 0 Å². The fraction of sp³-hybridized carbons (Fsp3) is 0.889. The van der Waals surface area contributed by atoms with Crippen molar-refractivity contribution < 1.29 is 9.53 Å². The molecule has 0 aromatic rings. The van der Waals surface area contributed by atoms with Gasteiger partial charge in [0.05, 0.1) is 6.61 Å². The van der Waals surface area contributed by atoms with Gasteiger partial charge in [0, 0.05) is 15.0 Å². The average Bonchev–Trinajstić information content (AvgIpc) is 1.83. The summed E-state index contributed by atoms with van der Waals surface area (Å²) in [7, 11) is -0.875. The van der Waals surface area contributed by atoms with E-state index >= 15 is 0 Å². The van der Waals surface area contributed by atoms with Crippen LogP contribution in [0.4, 0.5) is 0 Å². The van der Waals surface area contributed by atoms with E-state index in [1.54, 1.807) is 0 Å². The van der Waals surface area contributed by atoms with Gasteiger partial charge in [-0.1, -0.05) is 32.1 Å². The number of ether oxygens (including phenoxy) is 1. The molecule has 0 aliphatic rings. The van der Waals surface area contributed by atoms with Crippen molar-refractivity contribution in [1.29, 1.82) is 0 Å². The summed E-state index contributed by atoms with van der Waals surface area (Å²) in [5, 5.41) is 0. The van der Waals surface area contributed by atoms with Crippen molar-refractivity contribution in [3.05, 3.63) is 0 Å². The lowest BCUT2D eigenvalue weighted by atomic mass is 10.4. The molecule has 0 unspecified atom stereocenters. The van der Waals surface area contributed by atoms with Gasteiger partial charge in [-0.25, -0.2) is 0 Å². The lowest BCUT2D eigenvalue weighted by Gasteiger charge is -2.14. The van der Waals surface area contributed by atoms with E-state index in [-0.39, 0.29) is 5.97 Å². The zero-order valence-electron chi connectivity index (χ0n) is 8.64. The van der Waals surface area contributed by atoms with E-state index in [9.17, 15) is 4.79 Å². The Labute approximate surface area is 76.3 Å². The third-order valence-corrected chi connectivity index (χ3v) is 3.48. The van der Waals surface area contributed by atoms with Gasteiger partial charge >= 0.3 is 5.97 Å². The Morgan fingerprint density at radius 2 is 1.83 bits per heavy atom. The van der Waals surface area contributed by atoms with Crippen molar-refractivity contribution in [2.24, 2.45) is 0 Å². The van der Waals surface area contributed by atoms with Crippen molar-refractivity contribution in [3.8, 4) is 0 Å². The molecule has 72 valence electrons. The lowest BCUT2D eigenvalue weighted by molar-refractivity contribution is -0.141. The van der Waals surface area contributed by atoms with E-state index in [0.29, 0.717) is 6.61 Å². The van der Waals surface area contributed by atoms with Gasteiger partial charge in [0.1, 0.15) is 0 Å². The topological polar surface area (TPSA) is 26.3 Å². The molecule has 0 spiro atoms. The summed E-state index contributed by atoms with van der Waals surface area (Å²) in [6.45, 7) is 9.13. The number of esters is 1. The first-order chi connectivity index (χ1) is 5.42. The van der Waals surface area contributed by atoms with E-state index in [4.69, 9.17) is 4.74 Å². The van der Waals surface area contributed by atoms with Crippen molar-refractivity contribution in [2.45, 2.75) is 45.5 Å². The molecule has 0 saturated heterocycles. The molecule has 0 aliphatic heterocycles. The molecule has 3 heteroatoms. The minimum atomic E-state index is -0.875. The summed E-state index contributed by atoms with van der Waals surface area (Å²) in [4.78, 5) is 10.4. The molecule has 0 radical (unpaired) electrons. The third-order valence-electron chi connectivity index (χ3n) is 1.63. The summed E-state index contributed by atoms with van der Waals surface area (Å²) >= 11 is 0. The normalized spacial score (nSPS) is 11.3. The van der Waals surface area contributed by atoms with Gasteiger partial charge in [-0.05, 0) is 6.42 Å². The second-order valence-electron chi connectivity index (χ2n) is 4.36. The highest BCUT2D eigenvalue weighted by Crippen LogP contribution is 2.12. The number of hydrogen-bond acceptors (Lipinski definition) is 2. The standard InChI is InChI=1S/C9H20O2Si/c1-9(10)11-7-5-6-8-12(2,3)4/h5-8H2,1-4H3. The van der Waals surface area contributed by atoms with Gasteiger partial charge in [0.15, 0.2) is 0 Å². The molecule has 0 heterocycles. The summed E-state index contributed by atoms with van der Waals surface area (Å²) in [6.07, 6.45) is 2.22. The first-order valence-corrected chi connectivity index (χ1v) is 8.26. The SMILES string of the molecule is CC(=O)OCCCC[Si](C)(C)C. The van der Waals surface area contributed by atoms with Crippen LogP contribution in [0.25, 0.3) is 0 Å². The molecule has 0 bridgehead atoms. The van der Waals surface area contributed by atoms with Crippen molar-refractivity contribution in [1.82, 2.24) is 0 Å². The van der Waals surface area contributed by atoms with Crippen LogP contribution in [0, 0.1) is 0 Å². The number of hydrogen-bond donors (Lipinski definition) is 0. The Hall–Kier alpha value is -0.313. The van der Waals surface area contributed by atoms with Gasteiger partial charge in [-0.2, -0.15) is 0 Å². The molecule has 2 nitrogen and oxygen atoms in total. The molecule has 0 aliphatic carbocycles. The molecular weight excluding hydrogens is 168 g/mol. The fourth-order valence-corrected chi connectivity index (χ4v) is 2.28. The summed E-state index contributed by atoms with van der Waals surface area (Å²) in [5.41, 5.74) is 0. The Morgan fingerprint density at radius 3 is 2.25 bits per heavy atom. The minimum Gasteiger partial charge on any atom is -0.466 e. The Kier molecular flexibility index (Phi) is 5.21. The fourth-order valence-electron chi connectivity index (χ4n) is 0.973. The first-order valence-electron chi connectivity index (χ1n) is 4.55. The lowest BCUT2D eigenvalue weighted by Crippen LogP contribution is -2.18. The molecular formula is C9H20O2Si. The highest BCUT2D eigenvalue weighted by Gasteiger charge is 2.11. The molecule has 0 saturated carbocycles. The van der Waals surface area contributed by atoms with Crippen molar-refractivity contribution >= 4 is 14.0 Å². The summed E-state index contributed by atoms with van der Waals surface area (Å²) in [5.74, 6) is -0.164. The first kappa shape index (κ1) is 11.7. The molecule has 0 N–H and O–H groups in total. The Balaban J connectivity index is 3.17. The maximum atomic E-state index is 10.4. The van der Waals surface area contributed by atoms with E-state index in [0.717, 1.165) is 6.42 Å². The van der Waals surface area contributed by atoms with Crippen LogP contribution in [0.2, 0.25) is 25.7 Å². The molecule has 0 atom stereocenters. The van der Waals surface area contributed by atoms with E-state index in [1.165, 1.54) is 19.4 Å². The number of carbonyl (C=O) groups is 1. The van der Waals surface area contributed by atoms with Crippen LogP contribution in [0.5, 0.6) is 0 Å². The Bertz CT molecular complexity index is 138. The van der Waals surface area contributed by atoms with Crippen LogP contribution in [0.15, 0.2) is 0 Å². The molecule has 12 heavy (non-hydrogen) atoms. The minimum absolute atomic E-state index is 0.164. The third kappa shape index (κ3) is 9.69. The zero-order valence-corrected chi connectivity index (χ0v) is 9.64. The second-order valence-corrected chi connectivity index (χ2v) is 9.98. The van der Waals surface area contributed by atoms with Gasteiger partial charge in [0.2, 0.25) is 0 Å². The van der Waals surface area contributed by atoms with Gasteiger partial charge < -0.3 is 4.74 Å². The predicted octanol–water partition coefficient (Wildman–Crippen LogP) is 2.67. The van der Waals surface area contributed by atoms with E-state index in [1.807, 2.05) is 0 Å². The smallest absolute Gasteiger partial charge is 0.302 e.